The van der Waals surface area contributed by atoms with Gasteiger partial charge in [-0.15, -0.1) is 22.7 Å². The summed E-state index contributed by atoms with van der Waals surface area (Å²) in [6, 6.07) is 76.1. The van der Waals surface area contributed by atoms with Crippen LogP contribution in [0.5, 0.6) is 0 Å². The molecule has 0 bridgehead atoms. The van der Waals surface area contributed by atoms with E-state index in [4.69, 9.17) is 0 Å². The van der Waals surface area contributed by atoms with E-state index in [9.17, 15) is 0 Å². The third-order valence-corrected chi connectivity index (χ3v) is 14.7. The number of benzene rings is 10. The Balaban J connectivity index is 0.929. The monoisotopic (exact) mass is 798 g/mol. The molecule has 4 heteroatoms. The van der Waals surface area contributed by atoms with Gasteiger partial charge >= 0.3 is 0 Å². The van der Waals surface area contributed by atoms with Gasteiger partial charge in [0.25, 0.3) is 0 Å². The number of hydrogen-bond acceptors (Lipinski definition) is 4. The third kappa shape index (κ3) is 5.11. The topological polar surface area (TPSA) is 6.48 Å². The summed E-state index contributed by atoms with van der Waals surface area (Å²) in [6.45, 7) is 0. The van der Waals surface area contributed by atoms with E-state index in [-0.39, 0.29) is 0 Å². The summed E-state index contributed by atoms with van der Waals surface area (Å²) in [5.41, 5.74) is 12.3. The largest absolute Gasteiger partial charge is 0.309 e. The molecule has 0 radical (unpaired) electrons. The highest BCUT2D eigenvalue weighted by atomic mass is 32.1. The summed E-state index contributed by atoms with van der Waals surface area (Å²) in [4.78, 5) is 4.86. The lowest BCUT2D eigenvalue weighted by molar-refractivity contribution is 1.31. The average molecular weight is 799 g/mol. The molecule has 2 aromatic heterocycles. The van der Waals surface area contributed by atoms with Crippen molar-refractivity contribution >= 4 is 119 Å². The Hall–Kier alpha value is -7.24. The van der Waals surface area contributed by atoms with E-state index in [1.165, 1.54) is 95.5 Å². The fraction of sp³-hybridized carbons (Fsp3) is 0. The first-order valence-corrected chi connectivity index (χ1v) is 22.0. The molecule has 0 atom stereocenters. The molecule has 13 rings (SSSR count). The first-order valence-electron chi connectivity index (χ1n) is 20.4. The fourth-order valence-corrected chi connectivity index (χ4v) is 11.9. The van der Waals surface area contributed by atoms with Gasteiger partial charge in [-0.1, -0.05) is 109 Å². The van der Waals surface area contributed by atoms with Crippen molar-refractivity contribution in [3.8, 4) is 22.3 Å². The highest BCUT2D eigenvalue weighted by Crippen LogP contribution is 2.52. The number of fused-ring (bicyclic) bond motifs is 12. The van der Waals surface area contributed by atoms with Crippen molar-refractivity contribution in [1.29, 1.82) is 0 Å². The van der Waals surface area contributed by atoms with Crippen LogP contribution in [0.3, 0.4) is 0 Å². The minimum atomic E-state index is 1.14. The normalized spacial score (nSPS) is 12.0. The van der Waals surface area contributed by atoms with Gasteiger partial charge in [0.2, 0.25) is 0 Å². The van der Waals surface area contributed by atoms with Gasteiger partial charge in [0.1, 0.15) is 0 Å². The molecule has 0 saturated heterocycles. The van der Waals surface area contributed by atoms with Crippen LogP contribution in [0.15, 0.2) is 206 Å². The van der Waals surface area contributed by atoms with Crippen LogP contribution in [0.1, 0.15) is 0 Å². The average Bonchev–Trinajstić information content (AvgIpc) is 3.89. The van der Waals surface area contributed by atoms with E-state index in [2.05, 4.69) is 216 Å². The van der Waals surface area contributed by atoms with Gasteiger partial charge in [-0.3, -0.25) is 0 Å². The third-order valence-electron chi connectivity index (χ3n) is 12.3. The molecule has 0 unspecified atom stereocenters. The Bertz CT molecular complexity index is 3430. The Kier molecular flexibility index (Phi) is 7.38. The first kappa shape index (κ1) is 33.7. The van der Waals surface area contributed by atoms with E-state index < -0.39 is 0 Å². The van der Waals surface area contributed by atoms with Crippen LogP contribution in [-0.2, 0) is 0 Å². The number of anilines is 6. The minimum absolute atomic E-state index is 1.14. The highest BCUT2D eigenvalue weighted by molar-refractivity contribution is 7.26. The first-order chi connectivity index (χ1) is 29.7. The maximum absolute atomic E-state index is 2.43. The number of rotatable bonds is 6. The summed E-state index contributed by atoms with van der Waals surface area (Å²) >= 11 is 3.75. The van der Waals surface area contributed by atoms with Crippen LogP contribution in [-0.4, -0.2) is 0 Å². The second-order valence-corrected chi connectivity index (χ2v) is 17.8. The van der Waals surface area contributed by atoms with Gasteiger partial charge in [-0.05, 0) is 141 Å². The number of para-hydroxylation sites is 2. The SMILES string of the molecule is c1ccc(N(c2ccc3cc4c(cc3c2)-c2cc3cc(N(c5ccccc5)c5cccc6c5sc5ccccc56)ccc3cc2-4)c2cccc3c2sc2ccccc23)cc1. The molecule has 10 aromatic carbocycles. The van der Waals surface area contributed by atoms with Crippen molar-refractivity contribution in [3.63, 3.8) is 0 Å². The molecule has 60 heavy (non-hydrogen) atoms. The second kappa shape index (κ2) is 13.1. The van der Waals surface area contributed by atoms with Crippen LogP contribution in [0, 0.1) is 0 Å². The minimum Gasteiger partial charge on any atom is -0.309 e. The van der Waals surface area contributed by atoms with Crippen LogP contribution in [0.25, 0.3) is 84.1 Å². The smallest absolute Gasteiger partial charge is 0.0640 e. The maximum atomic E-state index is 2.43. The quantitative estimate of drug-likeness (QED) is 0.165. The van der Waals surface area contributed by atoms with Crippen LogP contribution in [0.4, 0.5) is 34.1 Å². The zero-order chi connectivity index (χ0) is 39.3. The van der Waals surface area contributed by atoms with Gasteiger partial charge in [-0.25, -0.2) is 0 Å². The molecule has 1 aliphatic rings. The number of hydrogen-bond donors (Lipinski definition) is 0. The van der Waals surface area contributed by atoms with Crippen LogP contribution < -0.4 is 9.80 Å². The Morgan fingerprint density at radius 2 is 0.650 bits per heavy atom. The molecule has 0 aliphatic heterocycles. The molecule has 280 valence electrons. The molecule has 0 N–H and O–H groups in total. The van der Waals surface area contributed by atoms with E-state index in [0.29, 0.717) is 0 Å². The zero-order valence-corrected chi connectivity index (χ0v) is 34.0. The Labute approximate surface area is 355 Å². The molecule has 1 aliphatic carbocycles. The van der Waals surface area contributed by atoms with Crippen molar-refractivity contribution in [3.05, 3.63) is 206 Å². The van der Waals surface area contributed by atoms with E-state index in [0.717, 1.165) is 22.7 Å². The summed E-state index contributed by atoms with van der Waals surface area (Å²) in [5, 5.41) is 10.2. The van der Waals surface area contributed by atoms with Gasteiger partial charge < -0.3 is 9.80 Å². The summed E-state index contributed by atoms with van der Waals surface area (Å²) in [7, 11) is 0. The maximum Gasteiger partial charge on any atom is 0.0640 e. The second-order valence-electron chi connectivity index (χ2n) is 15.7. The van der Waals surface area contributed by atoms with Gasteiger partial charge in [0, 0.05) is 53.7 Å². The van der Waals surface area contributed by atoms with E-state index in [1.807, 2.05) is 22.7 Å². The molecule has 2 heterocycles. The van der Waals surface area contributed by atoms with Crippen molar-refractivity contribution in [2.75, 3.05) is 9.80 Å². The molecule has 0 fully saturated rings. The summed E-state index contributed by atoms with van der Waals surface area (Å²) in [6.07, 6.45) is 0. The fourth-order valence-electron chi connectivity index (χ4n) is 9.50. The lowest BCUT2D eigenvalue weighted by atomic mass is 9.78. The number of thiophene rings is 2. The molecular weight excluding hydrogens is 765 g/mol. The molecule has 12 aromatic rings. The lowest BCUT2D eigenvalue weighted by Gasteiger charge is -2.29. The lowest BCUT2D eigenvalue weighted by Crippen LogP contribution is -2.10. The Morgan fingerprint density at radius 1 is 0.267 bits per heavy atom. The van der Waals surface area contributed by atoms with E-state index >= 15 is 0 Å². The predicted molar refractivity (Wildman–Crippen MR) is 261 cm³/mol. The van der Waals surface area contributed by atoms with Crippen LogP contribution >= 0.6 is 22.7 Å². The molecule has 0 amide bonds. The summed E-state index contributed by atoms with van der Waals surface area (Å²) < 4.78 is 5.22. The highest BCUT2D eigenvalue weighted by Gasteiger charge is 2.26. The molecule has 2 nitrogen and oxygen atoms in total. The number of nitrogens with zero attached hydrogens (tertiary/aromatic N) is 2. The summed E-state index contributed by atoms with van der Waals surface area (Å²) in [5.74, 6) is 0. The van der Waals surface area contributed by atoms with Crippen molar-refractivity contribution in [1.82, 2.24) is 0 Å². The van der Waals surface area contributed by atoms with E-state index in [1.54, 1.807) is 0 Å². The van der Waals surface area contributed by atoms with Crippen molar-refractivity contribution in [2.45, 2.75) is 0 Å². The Morgan fingerprint density at radius 3 is 1.10 bits per heavy atom. The van der Waals surface area contributed by atoms with Crippen molar-refractivity contribution < 1.29 is 0 Å². The molecule has 0 spiro atoms. The van der Waals surface area contributed by atoms with Crippen LogP contribution in [0.2, 0.25) is 0 Å². The van der Waals surface area contributed by atoms with Gasteiger partial charge in [-0.2, -0.15) is 0 Å². The van der Waals surface area contributed by atoms with Crippen molar-refractivity contribution in [2.24, 2.45) is 0 Å². The van der Waals surface area contributed by atoms with Gasteiger partial charge in [0.15, 0.2) is 0 Å². The standard InChI is InChI=1S/C56H34N2S2/c1-3-13-39(14-4-1)57(51-21-11-19-45-43-17-7-9-23-53(43)59-55(45)51)41-27-25-35-31-47-48-32-36-26-28-42(30-38(36)34-50(48)49(47)33-37(35)29-41)58(40-15-5-2-6-16-40)52-22-12-20-46-44-18-8-10-24-54(44)60-56(46)52/h1-34H. The predicted octanol–water partition coefficient (Wildman–Crippen LogP) is 17.3. The molecule has 0 saturated carbocycles. The van der Waals surface area contributed by atoms with Gasteiger partial charge in [0.05, 0.1) is 20.8 Å². The molecular formula is C56H34N2S2. The zero-order valence-electron chi connectivity index (χ0n) is 32.3.